The van der Waals surface area contributed by atoms with Crippen molar-refractivity contribution >= 4 is 11.6 Å². The van der Waals surface area contributed by atoms with Crippen molar-refractivity contribution in [2.75, 3.05) is 13.1 Å². The Morgan fingerprint density at radius 2 is 1.93 bits per heavy atom. The van der Waals surface area contributed by atoms with Crippen LogP contribution in [0.5, 0.6) is 0 Å². The van der Waals surface area contributed by atoms with Crippen molar-refractivity contribution in [1.82, 2.24) is 5.32 Å². The highest BCUT2D eigenvalue weighted by molar-refractivity contribution is 6.20. The second kappa shape index (κ2) is 7.72. The molecule has 1 aromatic rings. The molecule has 0 saturated heterocycles. The van der Waals surface area contributed by atoms with Crippen LogP contribution in [0.15, 0.2) is 30.3 Å². The molecule has 0 heterocycles. The Hall–Kier alpha value is -0.530. The molecule has 0 spiro atoms. The highest BCUT2D eigenvalue weighted by atomic mass is 35.5. The first-order valence-corrected chi connectivity index (χ1v) is 6.11. The van der Waals surface area contributed by atoms with Crippen LogP contribution >= 0.6 is 11.6 Å². The van der Waals surface area contributed by atoms with E-state index in [2.05, 4.69) is 35.6 Å². The first-order chi connectivity index (χ1) is 7.29. The summed E-state index contributed by atoms with van der Waals surface area (Å²) in [6.45, 7) is 4.18. The molecule has 0 fully saturated rings. The van der Waals surface area contributed by atoms with Crippen LogP contribution in [-0.2, 0) is 6.42 Å². The summed E-state index contributed by atoms with van der Waals surface area (Å²) in [6.07, 6.45) is 3.37. The van der Waals surface area contributed by atoms with E-state index in [4.69, 9.17) is 11.6 Å². The first-order valence-electron chi connectivity index (χ1n) is 5.68. The molecule has 0 saturated carbocycles. The number of benzene rings is 1. The van der Waals surface area contributed by atoms with E-state index in [-0.39, 0.29) is 0 Å². The van der Waals surface area contributed by atoms with E-state index in [1.807, 2.05) is 6.92 Å². The average molecular weight is 226 g/mol. The molecule has 15 heavy (non-hydrogen) atoms. The van der Waals surface area contributed by atoms with Gasteiger partial charge in [0, 0.05) is 5.38 Å². The van der Waals surface area contributed by atoms with E-state index >= 15 is 0 Å². The lowest BCUT2D eigenvalue weighted by Gasteiger charge is -2.05. The Morgan fingerprint density at radius 1 is 1.20 bits per heavy atom. The van der Waals surface area contributed by atoms with Crippen molar-refractivity contribution in [2.45, 2.75) is 31.6 Å². The van der Waals surface area contributed by atoms with Gasteiger partial charge in [0.05, 0.1) is 0 Å². The van der Waals surface area contributed by atoms with Gasteiger partial charge in [0.2, 0.25) is 0 Å². The molecule has 84 valence electrons. The topological polar surface area (TPSA) is 12.0 Å². The molecule has 1 rings (SSSR count). The van der Waals surface area contributed by atoms with Crippen molar-refractivity contribution in [1.29, 1.82) is 0 Å². The minimum Gasteiger partial charge on any atom is -0.316 e. The van der Waals surface area contributed by atoms with Gasteiger partial charge in [0.15, 0.2) is 0 Å². The van der Waals surface area contributed by atoms with Crippen LogP contribution in [0, 0.1) is 0 Å². The number of hydrogen-bond donors (Lipinski definition) is 1. The third-order valence-corrected chi connectivity index (χ3v) is 2.61. The van der Waals surface area contributed by atoms with Gasteiger partial charge in [-0.1, -0.05) is 30.3 Å². The quantitative estimate of drug-likeness (QED) is 0.555. The minimum atomic E-state index is 0.306. The maximum atomic E-state index is 5.86. The fourth-order valence-corrected chi connectivity index (χ4v) is 1.67. The van der Waals surface area contributed by atoms with Gasteiger partial charge < -0.3 is 5.32 Å². The van der Waals surface area contributed by atoms with Crippen molar-refractivity contribution in [3.05, 3.63) is 35.9 Å². The largest absolute Gasteiger partial charge is 0.316 e. The molecule has 1 atom stereocenters. The highest BCUT2D eigenvalue weighted by Crippen LogP contribution is 2.02. The Labute approximate surface area is 97.8 Å². The van der Waals surface area contributed by atoms with Crippen LogP contribution in [0.3, 0.4) is 0 Å². The summed E-state index contributed by atoms with van der Waals surface area (Å²) < 4.78 is 0. The van der Waals surface area contributed by atoms with Gasteiger partial charge in [-0.15, -0.1) is 11.6 Å². The molecule has 0 aliphatic rings. The lowest BCUT2D eigenvalue weighted by atomic mass is 10.1. The van der Waals surface area contributed by atoms with Crippen molar-refractivity contribution in [2.24, 2.45) is 0 Å². The van der Waals surface area contributed by atoms with E-state index in [1.54, 1.807) is 0 Å². The zero-order valence-electron chi connectivity index (χ0n) is 9.38. The zero-order valence-corrected chi connectivity index (χ0v) is 10.1. The van der Waals surface area contributed by atoms with Crippen molar-refractivity contribution in [3.8, 4) is 0 Å². The maximum Gasteiger partial charge on any atom is 0.0308 e. The van der Waals surface area contributed by atoms with E-state index in [1.165, 1.54) is 12.0 Å². The summed E-state index contributed by atoms with van der Waals surface area (Å²) in [4.78, 5) is 0. The number of nitrogens with one attached hydrogen (secondary N) is 1. The summed E-state index contributed by atoms with van der Waals surface area (Å²) in [5.74, 6) is 0. The summed E-state index contributed by atoms with van der Waals surface area (Å²) in [5, 5.41) is 3.74. The van der Waals surface area contributed by atoms with Gasteiger partial charge in [0.25, 0.3) is 0 Å². The van der Waals surface area contributed by atoms with E-state index in [9.17, 15) is 0 Å². The number of rotatable bonds is 7. The summed E-state index contributed by atoms with van der Waals surface area (Å²) in [5.41, 5.74) is 1.40. The van der Waals surface area contributed by atoms with Gasteiger partial charge >= 0.3 is 0 Å². The molecular formula is C13H20ClN. The molecule has 0 aromatic heterocycles. The predicted molar refractivity (Wildman–Crippen MR) is 67.6 cm³/mol. The molecular weight excluding hydrogens is 206 g/mol. The molecule has 1 unspecified atom stereocenters. The standard InChI is InChI=1S/C13H20ClN/c1-12(14)6-5-10-15-11-9-13-7-3-2-4-8-13/h2-4,7-8,12,15H,5-6,9-11H2,1H3. The zero-order chi connectivity index (χ0) is 10.9. The third kappa shape index (κ3) is 6.53. The number of hydrogen-bond acceptors (Lipinski definition) is 1. The van der Waals surface area contributed by atoms with Crippen LogP contribution in [0.2, 0.25) is 0 Å². The van der Waals surface area contributed by atoms with Crippen LogP contribution in [0.1, 0.15) is 25.3 Å². The Balaban J connectivity index is 1.98. The Morgan fingerprint density at radius 3 is 2.60 bits per heavy atom. The van der Waals surface area contributed by atoms with Gasteiger partial charge in [-0.25, -0.2) is 0 Å². The lowest BCUT2D eigenvalue weighted by molar-refractivity contribution is 0.619. The van der Waals surface area contributed by atoms with Crippen molar-refractivity contribution < 1.29 is 0 Å². The van der Waals surface area contributed by atoms with E-state index in [0.29, 0.717) is 5.38 Å². The molecule has 0 aliphatic carbocycles. The normalized spacial score (nSPS) is 12.7. The fraction of sp³-hybridized carbons (Fsp3) is 0.538. The second-order valence-electron chi connectivity index (χ2n) is 3.91. The predicted octanol–water partition coefficient (Wildman–Crippen LogP) is 3.23. The van der Waals surface area contributed by atoms with E-state index < -0.39 is 0 Å². The maximum absolute atomic E-state index is 5.86. The van der Waals surface area contributed by atoms with E-state index in [0.717, 1.165) is 25.9 Å². The molecule has 0 bridgehead atoms. The summed E-state index contributed by atoms with van der Waals surface area (Å²) >= 11 is 5.86. The minimum absolute atomic E-state index is 0.306. The van der Waals surface area contributed by atoms with Crippen LogP contribution in [-0.4, -0.2) is 18.5 Å². The molecule has 0 amide bonds. The highest BCUT2D eigenvalue weighted by Gasteiger charge is 1.95. The van der Waals surface area contributed by atoms with Crippen LogP contribution in [0.4, 0.5) is 0 Å². The van der Waals surface area contributed by atoms with Gasteiger partial charge in [0.1, 0.15) is 0 Å². The molecule has 0 aliphatic heterocycles. The SMILES string of the molecule is CC(Cl)CCCNCCc1ccccc1. The molecule has 1 aromatic carbocycles. The Bertz CT molecular complexity index is 246. The summed E-state index contributed by atoms with van der Waals surface area (Å²) in [7, 11) is 0. The van der Waals surface area contributed by atoms with Gasteiger partial charge in [-0.3, -0.25) is 0 Å². The second-order valence-corrected chi connectivity index (χ2v) is 4.65. The lowest BCUT2D eigenvalue weighted by Crippen LogP contribution is -2.19. The number of halogens is 1. The molecule has 1 nitrogen and oxygen atoms in total. The van der Waals surface area contributed by atoms with Crippen LogP contribution in [0.25, 0.3) is 0 Å². The van der Waals surface area contributed by atoms with Crippen molar-refractivity contribution in [3.63, 3.8) is 0 Å². The van der Waals surface area contributed by atoms with Crippen LogP contribution < -0.4 is 5.32 Å². The number of alkyl halides is 1. The fourth-order valence-electron chi connectivity index (χ4n) is 1.51. The smallest absolute Gasteiger partial charge is 0.0308 e. The Kier molecular flexibility index (Phi) is 6.45. The average Bonchev–Trinajstić information content (AvgIpc) is 2.24. The van der Waals surface area contributed by atoms with Gasteiger partial charge in [-0.2, -0.15) is 0 Å². The molecule has 2 heteroatoms. The molecule has 0 radical (unpaired) electrons. The first kappa shape index (κ1) is 12.5. The third-order valence-electron chi connectivity index (χ3n) is 2.39. The van der Waals surface area contributed by atoms with Gasteiger partial charge in [-0.05, 0) is 44.8 Å². The monoisotopic (exact) mass is 225 g/mol. The summed E-state index contributed by atoms with van der Waals surface area (Å²) in [6, 6.07) is 10.6. The molecule has 1 N–H and O–H groups in total.